The van der Waals surface area contributed by atoms with Crippen LogP contribution in [0.3, 0.4) is 0 Å². The van der Waals surface area contributed by atoms with E-state index in [1.807, 2.05) is 0 Å². The molecule has 0 heterocycles. The molecular formula is C14H25F2NS2. The minimum Gasteiger partial charge on any atom is -0.358 e. The molecule has 0 spiro atoms. The summed E-state index contributed by atoms with van der Waals surface area (Å²) in [4.78, 5) is 2.18. The summed E-state index contributed by atoms with van der Waals surface area (Å²) in [6.45, 7) is 7.64. The van der Waals surface area contributed by atoms with Gasteiger partial charge in [0, 0.05) is 18.8 Å². The highest BCUT2D eigenvalue weighted by atomic mass is 32.2. The van der Waals surface area contributed by atoms with Gasteiger partial charge in [0.2, 0.25) is 0 Å². The molecule has 0 aromatic rings. The minimum atomic E-state index is -1.51. The van der Waals surface area contributed by atoms with E-state index >= 15 is 0 Å². The van der Waals surface area contributed by atoms with Crippen LogP contribution in [0.5, 0.6) is 0 Å². The highest BCUT2D eigenvalue weighted by Gasteiger charge is 2.05. The SMILES string of the molecule is CCN(CC)C(=S)SCCCCCCC(C)=C(F)F. The largest absolute Gasteiger partial charge is 0.358 e. The molecule has 0 saturated carbocycles. The molecule has 0 aromatic heterocycles. The molecule has 0 N–H and O–H groups in total. The molecule has 0 bridgehead atoms. The van der Waals surface area contributed by atoms with Crippen molar-refractivity contribution in [3.8, 4) is 0 Å². The van der Waals surface area contributed by atoms with Crippen molar-refractivity contribution in [1.29, 1.82) is 0 Å². The summed E-state index contributed by atoms with van der Waals surface area (Å²) >= 11 is 7.07. The lowest BCUT2D eigenvalue weighted by molar-refractivity contribution is 0.406. The summed E-state index contributed by atoms with van der Waals surface area (Å²) in [6, 6.07) is 0. The quantitative estimate of drug-likeness (QED) is 0.411. The lowest BCUT2D eigenvalue weighted by Gasteiger charge is -2.20. The molecule has 1 nitrogen and oxygen atoms in total. The van der Waals surface area contributed by atoms with E-state index in [0.717, 1.165) is 48.8 Å². The second-order valence-electron chi connectivity index (χ2n) is 4.49. The first-order valence-corrected chi connectivity index (χ1v) is 8.34. The zero-order valence-corrected chi connectivity index (χ0v) is 13.8. The van der Waals surface area contributed by atoms with Gasteiger partial charge in [-0.2, -0.15) is 8.78 Å². The highest BCUT2D eigenvalue weighted by molar-refractivity contribution is 8.22. The smallest absolute Gasteiger partial charge is 0.269 e. The molecule has 0 aliphatic heterocycles. The van der Waals surface area contributed by atoms with E-state index in [-0.39, 0.29) is 5.57 Å². The summed E-state index contributed by atoms with van der Waals surface area (Å²) in [5.74, 6) is 1.03. The molecule has 0 rings (SSSR count). The maximum absolute atomic E-state index is 12.1. The fourth-order valence-electron chi connectivity index (χ4n) is 1.67. The van der Waals surface area contributed by atoms with Crippen LogP contribution in [0, 0.1) is 0 Å². The van der Waals surface area contributed by atoms with Gasteiger partial charge in [0.1, 0.15) is 4.32 Å². The van der Waals surface area contributed by atoms with Gasteiger partial charge < -0.3 is 4.90 Å². The molecule has 0 fully saturated rings. The predicted octanol–water partition coefficient (Wildman–Crippen LogP) is 5.47. The van der Waals surface area contributed by atoms with Crippen molar-refractivity contribution in [3.05, 3.63) is 11.7 Å². The second-order valence-corrected chi connectivity index (χ2v) is 6.22. The first-order valence-electron chi connectivity index (χ1n) is 6.95. The van der Waals surface area contributed by atoms with Crippen LogP contribution in [0.1, 0.15) is 52.9 Å². The van der Waals surface area contributed by atoms with E-state index < -0.39 is 6.08 Å². The van der Waals surface area contributed by atoms with Gasteiger partial charge in [-0.05, 0) is 45.6 Å². The van der Waals surface area contributed by atoms with Crippen molar-refractivity contribution in [3.63, 3.8) is 0 Å². The van der Waals surface area contributed by atoms with Gasteiger partial charge >= 0.3 is 0 Å². The molecule has 0 amide bonds. The normalized spacial score (nSPS) is 10.4. The first kappa shape index (κ1) is 18.8. The molecule has 0 saturated heterocycles. The van der Waals surface area contributed by atoms with E-state index in [4.69, 9.17) is 12.2 Å². The van der Waals surface area contributed by atoms with Crippen LogP contribution in [-0.4, -0.2) is 28.1 Å². The number of unbranched alkanes of at least 4 members (excludes halogenated alkanes) is 3. The van der Waals surface area contributed by atoms with Crippen molar-refractivity contribution in [2.45, 2.75) is 52.9 Å². The lowest BCUT2D eigenvalue weighted by Crippen LogP contribution is -2.26. The van der Waals surface area contributed by atoms with Crippen LogP contribution < -0.4 is 0 Å². The number of hydrogen-bond donors (Lipinski definition) is 0. The number of rotatable bonds is 9. The summed E-state index contributed by atoms with van der Waals surface area (Å²) in [5.41, 5.74) is 0.233. The molecule has 5 heteroatoms. The average Bonchev–Trinajstić information content (AvgIpc) is 2.38. The Kier molecular flexibility index (Phi) is 11.6. The fraction of sp³-hybridized carbons (Fsp3) is 0.786. The molecule has 112 valence electrons. The Balaban J connectivity index is 3.51. The van der Waals surface area contributed by atoms with Crippen LogP contribution in [0.4, 0.5) is 8.78 Å². The lowest BCUT2D eigenvalue weighted by atomic mass is 10.1. The Labute approximate surface area is 125 Å². The summed E-state index contributed by atoms with van der Waals surface area (Å²) < 4.78 is 25.3. The standard InChI is InChI=1S/C14H25F2NS2/c1-4-17(5-2)14(18)19-11-9-7-6-8-10-12(3)13(15)16/h4-11H2,1-3H3. The Bertz CT molecular complexity index is 285. The Morgan fingerprint density at radius 1 is 1.05 bits per heavy atom. The van der Waals surface area contributed by atoms with E-state index in [1.165, 1.54) is 6.92 Å². The fourth-order valence-corrected chi connectivity index (χ4v) is 3.14. The maximum Gasteiger partial charge on any atom is 0.269 e. The van der Waals surface area contributed by atoms with Gasteiger partial charge in [-0.1, -0.05) is 36.8 Å². The summed E-state index contributed by atoms with van der Waals surface area (Å²) in [5, 5.41) is 0. The first-order chi connectivity index (χ1) is 9.02. The third-order valence-corrected chi connectivity index (χ3v) is 4.63. The zero-order chi connectivity index (χ0) is 14.7. The number of thiocarbonyl (C=S) groups is 1. The van der Waals surface area contributed by atoms with Gasteiger partial charge in [0.25, 0.3) is 6.08 Å². The monoisotopic (exact) mass is 309 g/mol. The van der Waals surface area contributed by atoms with Crippen molar-refractivity contribution in [1.82, 2.24) is 4.90 Å². The van der Waals surface area contributed by atoms with Crippen molar-refractivity contribution < 1.29 is 8.78 Å². The van der Waals surface area contributed by atoms with E-state index in [1.54, 1.807) is 11.8 Å². The minimum absolute atomic E-state index is 0.233. The maximum atomic E-state index is 12.1. The molecule has 0 aromatic carbocycles. The molecule has 0 unspecified atom stereocenters. The van der Waals surface area contributed by atoms with Crippen LogP contribution in [0.25, 0.3) is 0 Å². The Morgan fingerprint density at radius 2 is 1.63 bits per heavy atom. The van der Waals surface area contributed by atoms with Crippen molar-refractivity contribution in [2.75, 3.05) is 18.8 Å². The molecule has 0 aliphatic carbocycles. The number of halogens is 2. The number of thioether (sulfide) groups is 1. The number of allylic oxidation sites excluding steroid dienone is 1. The number of hydrogen-bond acceptors (Lipinski definition) is 2. The van der Waals surface area contributed by atoms with E-state index in [2.05, 4.69) is 18.7 Å². The van der Waals surface area contributed by atoms with Crippen LogP contribution in [-0.2, 0) is 0 Å². The molecule has 0 aliphatic rings. The summed E-state index contributed by atoms with van der Waals surface area (Å²) in [6.07, 6.45) is 3.08. The number of nitrogens with zero attached hydrogens (tertiary/aromatic N) is 1. The second kappa shape index (κ2) is 11.6. The average molecular weight is 309 g/mol. The van der Waals surface area contributed by atoms with Gasteiger partial charge in [-0.25, -0.2) is 0 Å². The zero-order valence-electron chi connectivity index (χ0n) is 12.2. The van der Waals surface area contributed by atoms with Gasteiger partial charge in [-0.3, -0.25) is 0 Å². The van der Waals surface area contributed by atoms with E-state index in [9.17, 15) is 8.78 Å². The van der Waals surface area contributed by atoms with Gasteiger partial charge in [-0.15, -0.1) is 0 Å². The molecular weight excluding hydrogens is 284 g/mol. The van der Waals surface area contributed by atoms with Gasteiger partial charge in [0.05, 0.1) is 0 Å². The van der Waals surface area contributed by atoms with E-state index in [0.29, 0.717) is 6.42 Å². The summed E-state index contributed by atoms with van der Waals surface area (Å²) in [7, 11) is 0. The van der Waals surface area contributed by atoms with Crippen molar-refractivity contribution >= 4 is 28.3 Å². The van der Waals surface area contributed by atoms with Gasteiger partial charge in [0.15, 0.2) is 0 Å². The predicted molar refractivity (Wildman–Crippen MR) is 86.0 cm³/mol. The molecule has 0 atom stereocenters. The van der Waals surface area contributed by atoms with Crippen LogP contribution in [0.2, 0.25) is 0 Å². The van der Waals surface area contributed by atoms with Crippen LogP contribution in [0.15, 0.2) is 11.7 Å². The Morgan fingerprint density at radius 3 is 2.16 bits per heavy atom. The van der Waals surface area contributed by atoms with Crippen molar-refractivity contribution in [2.24, 2.45) is 0 Å². The third-order valence-electron chi connectivity index (χ3n) is 3.02. The topological polar surface area (TPSA) is 3.24 Å². The Hall–Kier alpha value is -0.160. The molecule has 0 radical (unpaired) electrons. The highest BCUT2D eigenvalue weighted by Crippen LogP contribution is 2.17. The molecule has 19 heavy (non-hydrogen) atoms. The third kappa shape index (κ3) is 9.38. The van der Waals surface area contributed by atoms with Crippen LogP contribution >= 0.6 is 24.0 Å².